The topological polar surface area (TPSA) is 20.2 Å². The van der Waals surface area contributed by atoms with Crippen LogP contribution in [0.3, 0.4) is 0 Å². The Morgan fingerprint density at radius 3 is 2.05 bits per heavy atom. The van der Waals surface area contributed by atoms with E-state index in [9.17, 15) is 0 Å². The Bertz CT molecular complexity index is 3410. The van der Waals surface area contributed by atoms with Crippen molar-refractivity contribution in [3.63, 3.8) is 0 Å². The molecule has 294 valence electrons. The zero-order valence-corrected chi connectivity index (χ0v) is 34.4. The first-order valence-electron chi connectivity index (χ1n) is 21.6. The van der Waals surface area contributed by atoms with Gasteiger partial charge in [0.25, 0.3) is 0 Å². The molecule has 0 spiro atoms. The van der Waals surface area contributed by atoms with Gasteiger partial charge < -0.3 is 14.8 Å². The van der Waals surface area contributed by atoms with Crippen LogP contribution in [0.25, 0.3) is 71.6 Å². The van der Waals surface area contributed by atoms with Crippen LogP contribution in [0.4, 0.5) is 22.7 Å². The highest BCUT2D eigenvalue weighted by Gasteiger charge is 2.38. The van der Waals surface area contributed by atoms with Crippen LogP contribution in [-0.4, -0.2) is 4.57 Å². The number of hydrogen-bond acceptors (Lipinski definition) is 2. The van der Waals surface area contributed by atoms with E-state index in [1.165, 1.54) is 83.0 Å². The van der Waals surface area contributed by atoms with Crippen LogP contribution in [-0.2, 0) is 0 Å². The van der Waals surface area contributed by atoms with Gasteiger partial charge in [-0.25, -0.2) is 0 Å². The summed E-state index contributed by atoms with van der Waals surface area (Å²) in [5, 5.41) is 8.77. The van der Waals surface area contributed by atoms with Gasteiger partial charge in [-0.05, 0) is 135 Å². The second kappa shape index (κ2) is 14.7. The maximum absolute atomic E-state index is 3.86. The Kier molecular flexibility index (Phi) is 8.53. The van der Waals surface area contributed by atoms with E-state index in [0.29, 0.717) is 5.92 Å². The molecule has 3 nitrogen and oxygen atoms in total. The van der Waals surface area contributed by atoms with E-state index in [1.54, 1.807) is 0 Å². The van der Waals surface area contributed by atoms with Gasteiger partial charge in [0.15, 0.2) is 0 Å². The molecule has 0 saturated carbocycles. The van der Waals surface area contributed by atoms with Gasteiger partial charge in [0, 0.05) is 56.4 Å². The van der Waals surface area contributed by atoms with E-state index in [0.717, 1.165) is 22.6 Å². The van der Waals surface area contributed by atoms with Crippen molar-refractivity contribution in [2.45, 2.75) is 12.8 Å². The van der Waals surface area contributed by atoms with Crippen molar-refractivity contribution in [3.05, 3.63) is 236 Å². The number of nitrogens with zero attached hydrogens (tertiary/aromatic N) is 2. The predicted molar refractivity (Wildman–Crippen MR) is 262 cm³/mol. The molecule has 3 heteroatoms. The third kappa shape index (κ3) is 6.04. The lowest BCUT2D eigenvalue weighted by Crippen LogP contribution is -2.18. The minimum Gasteiger partial charge on any atom is -0.355 e. The molecule has 0 radical (unpaired) electrons. The molecule has 9 aromatic carbocycles. The molecule has 0 amide bonds. The van der Waals surface area contributed by atoms with E-state index in [1.807, 2.05) is 0 Å². The summed E-state index contributed by atoms with van der Waals surface area (Å²) in [6.07, 6.45) is 6.90. The van der Waals surface area contributed by atoms with E-state index >= 15 is 0 Å². The Morgan fingerprint density at radius 2 is 1.16 bits per heavy atom. The standard InChI is InChI=1S/C59H43N3/c1-39-14-12-25-58-59(39)53-37-45(28-32-57(53)62(58)49-22-13-19-43(35-49)40-15-4-2-5-16-40)44-27-31-54(60-47-30-26-41-17-8-9-18-42(41)34-47)51(36-44)46-29-33-56-52(38-46)50-23-10-11-24-55(50)61(56)48-20-6-3-7-21-48/h2-39,59-60H,1H3. The smallest absolute Gasteiger partial charge is 0.0541 e. The SMILES string of the molecule is CC1C=CC=C2C1c1cc(-c3ccc(Nc4ccc5ccccc5c4)c(-c4ccc5c(c4)c4ccccc4n5-c4ccccc4)c3)ccc1N2c1cccc(-c2ccccc2)c1. The highest BCUT2D eigenvalue weighted by molar-refractivity contribution is 6.11. The number of fused-ring (bicyclic) bond motifs is 7. The number of anilines is 4. The molecule has 1 aliphatic heterocycles. The van der Waals surface area contributed by atoms with Gasteiger partial charge in [0.05, 0.1) is 11.0 Å². The van der Waals surface area contributed by atoms with Crippen LogP contribution in [0.2, 0.25) is 0 Å². The molecule has 62 heavy (non-hydrogen) atoms. The van der Waals surface area contributed by atoms with E-state index in [-0.39, 0.29) is 5.92 Å². The summed E-state index contributed by atoms with van der Waals surface area (Å²) in [5.74, 6) is 0.619. The molecule has 1 aromatic heterocycles. The fraction of sp³-hybridized carbons (Fsp3) is 0.0508. The average Bonchev–Trinajstić information content (AvgIpc) is 3.85. The molecule has 0 bridgehead atoms. The molecule has 2 atom stereocenters. The molecule has 2 aliphatic rings. The number of benzene rings is 9. The van der Waals surface area contributed by atoms with Crippen molar-refractivity contribution < 1.29 is 0 Å². The molecule has 10 aromatic rings. The molecular formula is C59H43N3. The number of aromatic nitrogens is 1. The van der Waals surface area contributed by atoms with Gasteiger partial charge in [0.2, 0.25) is 0 Å². The fourth-order valence-corrected chi connectivity index (χ4v) is 10.0. The molecule has 2 unspecified atom stereocenters. The van der Waals surface area contributed by atoms with Gasteiger partial charge >= 0.3 is 0 Å². The fourth-order valence-electron chi connectivity index (χ4n) is 10.0. The highest BCUT2D eigenvalue weighted by atomic mass is 15.2. The second-order valence-electron chi connectivity index (χ2n) is 16.7. The monoisotopic (exact) mass is 793 g/mol. The molecule has 0 saturated heterocycles. The van der Waals surface area contributed by atoms with Crippen molar-refractivity contribution in [1.82, 2.24) is 4.57 Å². The van der Waals surface area contributed by atoms with Crippen molar-refractivity contribution in [2.75, 3.05) is 10.2 Å². The molecule has 2 heterocycles. The van der Waals surface area contributed by atoms with E-state index in [2.05, 4.69) is 246 Å². The molecule has 1 aliphatic carbocycles. The first-order chi connectivity index (χ1) is 30.6. The quantitative estimate of drug-likeness (QED) is 0.173. The van der Waals surface area contributed by atoms with Crippen molar-refractivity contribution >= 4 is 55.3 Å². The minimum atomic E-state index is 0.257. The van der Waals surface area contributed by atoms with Gasteiger partial charge in [0.1, 0.15) is 0 Å². The van der Waals surface area contributed by atoms with Gasteiger partial charge in [-0.1, -0.05) is 146 Å². The van der Waals surface area contributed by atoms with E-state index < -0.39 is 0 Å². The summed E-state index contributed by atoms with van der Waals surface area (Å²) < 4.78 is 2.38. The zero-order valence-electron chi connectivity index (χ0n) is 34.4. The van der Waals surface area contributed by atoms with E-state index in [4.69, 9.17) is 0 Å². The maximum Gasteiger partial charge on any atom is 0.0541 e. The minimum absolute atomic E-state index is 0.257. The van der Waals surface area contributed by atoms with Crippen LogP contribution in [0.5, 0.6) is 0 Å². The Morgan fingerprint density at radius 1 is 0.468 bits per heavy atom. The van der Waals surface area contributed by atoms with Gasteiger partial charge in [-0.15, -0.1) is 0 Å². The Labute approximate surface area is 362 Å². The molecule has 12 rings (SSSR count). The van der Waals surface area contributed by atoms with Crippen LogP contribution >= 0.6 is 0 Å². The summed E-state index contributed by atoms with van der Waals surface area (Å²) >= 11 is 0. The molecule has 1 N–H and O–H groups in total. The normalized spacial score (nSPS) is 15.5. The van der Waals surface area contributed by atoms with Crippen LogP contribution in [0, 0.1) is 5.92 Å². The van der Waals surface area contributed by atoms with Crippen LogP contribution in [0.1, 0.15) is 18.4 Å². The molecule has 0 fully saturated rings. The summed E-state index contributed by atoms with van der Waals surface area (Å²) in [6.45, 7) is 2.35. The summed E-state index contributed by atoms with van der Waals surface area (Å²) in [4.78, 5) is 2.49. The average molecular weight is 794 g/mol. The number of nitrogens with one attached hydrogen (secondary N) is 1. The van der Waals surface area contributed by atoms with Crippen molar-refractivity contribution in [2.24, 2.45) is 5.92 Å². The van der Waals surface area contributed by atoms with Crippen molar-refractivity contribution in [1.29, 1.82) is 0 Å². The number of hydrogen-bond donors (Lipinski definition) is 1. The first kappa shape index (κ1) is 36.0. The summed E-state index contributed by atoms with van der Waals surface area (Å²) in [7, 11) is 0. The lowest BCUT2D eigenvalue weighted by molar-refractivity contribution is 0.618. The lowest BCUT2D eigenvalue weighted by Gasteiger charge is -2.27. The van der Waals surface area contributed by atoms with Crippen LogP contribution < -0.4 is 10.2 Å². The van der Waals surface area contributed by atoms with Crippen LogP contribution in [0.15, 0.2) is 230 Å². The van der Waals surface area contributed by atoms with Gasteiger partial charge in [-0.3, -0.25) is 0 Å². The molecular weight excluding hydrogens is 751 g/mol. The van der Waals surface area contributed by atoms with Gasteiger partial charge in [-0.2, -0.15) is 0 Å². The first-order valence-corrected chi connectivity index (χ1v) is 21.6. The Hall–Kier alpha value is -7.88. The number of para-hydroxylation sites is 2. The highest BCUT2D eigenvalue weighted by Crippen LogP contribution is 2.54. The summed E-state index contributed by atoms with van der Waals surface area (Å²) in [6, 6.07) is 75.3. The third-order valence-corrected chi connectivity index (χ3v) is 13.0. The summed E-state index contributed by atoms with van der Waals surface area (Å²) in [5.41, 5.74) is 18.0. The third-order valence-electron chi connectivity index (χ3n) is 13.0. The largest absolute Gasteiger partial charge is 0.355 e. The Balaban J connectivity index is 0.999. The lowest BCUT2D eigenvalue weighted by atomic mass is 9.83. The zero-order chi connectivity index (χ0) is 41.1. The number of rotatable bonds is 7. The predicted octanol–water partition coefficient (Wildman–Crippen LogP) is 16.0. The van der Waals surface area contributed by atoms with Crippen molar-refractivity contribution in [3.8, 4) is 39.1 Å². The maximum atomic E-state index is 3.86. The number of allylic oxidation sites excluding steroid dienone is 4. The second-order valence-corrected chi connectivity index (χ2v) is 16.7.